The Hall–Kier alpha value is -0.280. The molecule has 0 radical (unpaired) electrons. The highest BCUT2D eigenvalue weighted by Gasteiger charge is 2.35. The van der Waals surface area contributed by atoms with E-state index in [1.165, 1.54) is 0 Å². The van der Waals surface area contributed by atoms with E-state index in [0.29, 0.717) is 5.41 Å². The molecule has 0 saturated heterocycles. The van der Waals surface area contributed by atoms with E-state index in [2.05, 4.69) is 19.2 Å². The Morgan fingerprint density at radius 1 is 1.33 bits per heavy atom. The predicted octanol–water partition coefficient (Wildman–Crippen LogP) is 2.90. The van der Waals surface area contributed by atoms with Gasteiger partial charge >= 0.3 is 0 Å². The molecule has 1 aliphatic rings. The molecule has 18 heavy (non-hydrogen) atoms. The highest BCUT2D eigenvalue weighted by Crippen LogP contribution is 2.35. The summed E-state index contributed by atoms with van der Waals surface area (Å²) >= 11 is 0. The first-order chi connectivity index (χ1) is 7.65. The summed E-state index contributed by atoms with van der Waals surface area (Å²) in [5, 5.41) is 12.7. The lowest BCUT2D eigenvalue weighted by Gasteiger charge is -2.36. The number of aliphatic hydroxyl groups excluding tert-OH is 1. The van der Waals surface area contributed by atoms with Crippen LogP contribution in [-0.4, -0.2) is 23.2 Å². The Labute approximate surface area is 117 Å². The van der Waals surface area contributed by atoms with Crippen molar-refractivity contribution < 1.29 is 9.90 Å². The van der Waals surface area contributed by atoms with E-state index in [1.807, 2.05) is 0 Å². The number of hydrogen-bond donors (Lipinski definition) is 2. The van der Waals surface area contributed by atoms with Crippen LogP contribution in [-0.2, 0) is 4.79 Å². The van der Waals surface area contributed by atoms with Crippen molar-refractivity contribution in [3.05, 3.63) is 0 Å². The molecule has 1 unspecified atom stereocenters. The number of amides is 1. The lowest BCUT2D eigenvalue weighted by molar-refractivity contribution is -0.135. The molecule has 1 fully saturated rings. The minimum absolute atomic E-state index is 0. The summed E-state index contributed by atoms with van der Waals surface area (Å²) < 4.78 is 0. The molecule has 0 spiro atoms. The van der Waals surface area contributed by atoms with E-state index in [1.54, 1.807) is 20.8 Å². The quantitative estimate of drug-likeness (QED) is 0.833. The summed E-state index contributed by atoms with van der Waals surface area (Å²) in [6.07, 6.45) is 3.80. The van der Waals surface area contributed by atoms with E-state index >= 15 is 0 Å². The van der Waals surface area contributed by atoms with E-state index < -0.39 is 11.5 Å². The number of carbonyl (C=O) groups is 1. The van der Waals surface area contributed by atoms with Gasteiger partial charge in [-0.3, -0.25) is 4.79 Å². The Morgan fingerprint density at radius 2 is 1.78 bits per heavy atom. The lowest BCUT2D eigenvalue weighted by Crippen LogP contribution is -2.48. The normalized spacial score (nSPS) is 21.9. The van der Waals surface area contributed by atoms with Gasteiger partial charge in [-0.25, -0.2) is 0 Å². The minimum Gasteiger partial charge on any atom is -0.392 e. The van der Waals surface area contributed by atoms with E-state index in [-0.39, 0.29) is 24.4 Å². The van der Waals surface area contributed by atoms with Gasteiger partial charge in [-0.2, -0.15) is 0 Å². The molecule has 1 amide bonds. The minimum atomic E-state index is -0.701. The van der Waals surface area contributed by atoms with Crippen LogP contribution >= 0.6 is 12.4 Å². The number of hydrogen-bond acceptors (Lipinski definition) is 2. The van der Waals surface area contributed by atoms with Crippen LogP contribution in [0.2, 0.25) is 0 Å². The number of nitrogens with one attached hydrogen (secondary N) is 1. The molecule has 0 bridgehead atoms. The molecular weight excluding hydrogens is 250 g/mol. The first-order valence-corrected chi connectivity index (χ1v) is 6.64. The lowest BCUT2D eigenvalue weighted by atomic mass is 9.75. The SMILES string of the molecule is CC(O)C(C)(C)C(=O)NC1CCC(C)(C)CC1.Cl. The van der Waals surface area contributed by atoms with Gasteiger partial charge in [0.1, 0.15) is 0 Å². The third-order valence-electron chi connectivity index (χ3n) is 4.30. The molecular formula is C14H28ClNO2. The third kappa shape index (κ3) is 4.43. The predicted molar refractivity (Wildman–Crippen MR) is 76.9 cm³/mol. The van der Waals surface area contributed by atoms with Crippen molar-refractivity contribution >= 4 is 18.3 Å². The number of halogens is 1. The number of carbonyl (C=O) groups excluding carboxylic acids is 1. The monoisotopic (exact) mass is 277 g/mol. The molecule has 108 valence electrons. The summed E-state index contributed by atoms with van der Waals surface area (Å²) in [5.74, 6) is -0.0304. The molecule has 0 aromatic heterocycles. The van der Waals surface area contributed by atoms with Crippen LogP contribution < -0.4 is 5.32 Å². The van der Waals surface area contributed by atoms with Gasteiger partial charge in [0.25, 0.3) is 0 Å². The maximum absolute atomic E-state index is 12.1. The average molecular weight is 278 g/mol. The molecule has 1 aliphatic carbocycles. The van der Waals surface area contributed by atoms with Crippen LogP contribution in [0, 0.1) is 10.8 Å². The molecule has 1 atom stereocenters. The number of aliphatic hydroxyl groups is 1. The van der Waals surface area contributed by atoms with Gasteiger partial charge in [-0.05, 0) is 51.9 Å². The second-order valence-corrected chi connectivity index (χ2v) is 6.81. The van der Waals surface area contributed by atoms with Crippen molar-refractivity contribution in [1.29, 1.82) is 0 Å². The fourth-order valence-electron chi connectivity index (χ4n) is 2.10. The van der Waals surface area contributed by atoms with Gasteiger partial charge in [0.05, 0.1) is 11.5 Å². The van der Waals surface area contributed by atoms with Crippen molar-refractivity contribution in [3.63, 3.8) is 0 Å². The zero-order chi connectivity index (χ0) is 13.3. The molecule has 0 aliphatic heterocycles. The fraction of sp³-hybridized carbons (Fsp3) is 0.929. The van der Waals surface area contributed by atoms with E-state index in [0.717, 1.165) is 25.7 Å². The van der Waals surface area contributed by atoms with Gasteiger partial charge in [0, 0.05) is 6.04 Å². The van der Waals surface area contributed by atoms with Crippen LogP contribution in [0.3, 0.4) is 0 Å². The maximum atomic E-state index is 12.1. The zero-order valence-electron chi connectivity index (χ0n) is 12.2. The summed E-state index contributed by atoms with van der Waals surface area (Å²) in [5.41, 5.74) is -0.284. The van der Waals surface area contributed by atoms with Crippen molar-refractivity contribution in [2.45, 2.75) is 72.4 Å². The number of rotatable bonds is 3. The van der Waals surface area contributed by atoms with Crippen LogP contribution in [0.25, 0.3) is 0 Å². The van der Waals surface area contributed by atoms with Crippen molar-refractivity contribution in [1.82, 2.24) is 5.32 Å². The third-order valence-corrected chi connectivity index (χ3v) is 4.30. The Morgan fingerprint density at radius 3 is 2.17 bits per heavy atom. The van der Waals surface area contributed by atoms with Crippen LogP contribution in [0.1, 0.15) is 60.3 Å². The molecule has 0 aromatic rings. The van der Waals surface area contributed by atoms with E-state index in [9.17, 15) is 9.90 Å². The van der Waals surface area contributed by atoms with Gasteiger partial charge in [-0.1, -0.05) is 13.8 Å². The zero-order valence-corrected chi connectivity index (χ0v) is 13.1. The van der Waals surface area contributed by atoms with Gasteiger partial charge in [-0.15, -0.1) is 12.4 Å². The summed E-state index contributed by atoms with van der Waals surface area (Å²) in [4.78, 5) is 12.1. The fourth-order valence-corrected chi connectivity index (χ4v) is 2.10. The van der Waals surface area contributed by atoms with Crippen LogP contribution in [0.15, 0.2) is 0 Å². The van der Waals surface area contributed by atoms with Crippen LogP contribution in [0.5, 0.6) is 0 Å². The highest BCUT2D eigenvalue weighted by molar-refractivity contribution is 5.85. The molecule has 0 aromatic carbocycles. The van der Waals surface area contributed by atoms with Gasteiger partial charge in [0.15, 0.2) is 0 Å². The first-order valence-electron chi connectivity index (χ1n) is 6.64. The van der Waals surface area contributed by atoms with Crippen molar-refractivity contribution in [2.75, 3.05) is 0 Å². The largest absolute Gasteiger partial charge is 0.392 e. The Balaban J connectivity index is 0.00000289. The summed E-state index contributed by atoms with van der Waals surface area (Å²) in [6.45, 7) is 9.82. The smallest absolute Gasteiger partial charge is 0.228 e. The van der Waals surface area contributed by atoms with Crippen molar-refractivity contribution in [2.24, 2.45) is 10.8 Å². The highest BCUT2D eigenvalue weighted by atomic mass is 35.5. The average Bonchev–Trinajstić information content (AvgIpc) is 2.20. The molecule has 2 N–H and O–H groups in total. The summed E-state index contributed by atoms with van der Waals surface area (Å²) in [6, 6.07) is 0.286. The maximum Gasteiger partial charge on any atom is 0.228 e. The molecule has 1 rings (SSSR count). The molecule has 3 nitrogen and oxygen atoms in total. The summed E-state index contributed by atoms with van der Waals surface area (Å²) in [7, 11) is 0. The molecule has 4 heteroatoms. The molecule has 1 saturated carbocycles. The first kappa shape index (κ1) is 17.7. The Bertz CT molecular complexity index is 278. The topological polar surface area (TPSA) is 49.3 Å². The second kappa shape index (κ2) is 6.25. The second-order valence-electron chi connectivity index (χ2n) is 6.81. The molecule has 0 heterocycles. The van der Waals surface area contributed by atoms with Gasteiger partial charge in [0.2, 0.25) is 5.91 Å². The van der Waals surface area contributed by atoms with Crippen molar-refractivity contribution in [3.8, 4) is 0 Å². The van der Waals surface area contributed by atoms with Crippen LogP contribution in [0.4, 0.5) is 0 Å². The standard InChI is InChI=1S/C14H27NO2.ClH/c1-10(16)14(4,5)12(17)15-11-6-8-13(2,3)9-7-11;/h10-11,16H,6-9H2,1-5H3,(H,15,17);1H. The van der Waals surface area contributed by atoms with E-state index in [4.69, 9.17) is 0 Å². The Kier molecular flexibility index (Phi) is 6.15. The van der Waals surface area contributed by atoms with Gasteiger partial charge < -0.3 is 10.4 Å².